The van der Waals surface area contributed by atoms with E-state index in [0.29, 0.717) is 6.54 Å². The highest BCUT2D eigenvalue weighted by Gasteiger charge is 2.16. The molecule has 0 amide bonds. The quantitative estimate of drug-likeness (QED) is 0.840. The van der Waals surface area contributed by atoms with Crippen LogP contribution in [0.25, 0.3) is 0 Å². The zero-order chi connectivity index (χ0) is 15.4. The lowest BCUT2D eigenvalue weighted by Crippen LogP contribution is -2.30. The van der Waals surface area contributed by atoms with Crippen molar-refractivity contribution in [3.05, 3.63) is 68.7 Å². The summed E-state index contributed by atoms with van der Waals surface area (Å²) in [5.41, 5.74) is 9.68. The van der Waals surface area contributed by atoms with Crippen LogP contribution in [-0.2, 0) is 6.54 Å². The minimum absolute atomic E-state index is 0.192. The van der Waals surface area contributed by atoms with Crippen LogP contribution >= 0.6 is 27.5 Å². The first-order chi connectivity index (χ1) is 10.0. The largest absolute Gasteiger partial charge is 0.329 e. The molecule has 1 atom stereocenters. The van der Waals surface area contributed by atoms with Crippen LogP contribution in [0.4, 0.5) is 0 Å². The molecule has 2 rings (SSSR count). The highest BCUT2D eigenvalue weighted by molar-refractivity contribution is 9.10. The Labute approximate surface area is 140 Å². The van der Waals surface area contributed by atoms with Gasteiger partial charge in [-0.15, -0.1) is 0 Å². The van der Waals surface area contributed by atoms with E-state index in [1.54, 1.807) is 0 Å². The van der Waals surface area contributed by atoms with E-state index in [2.05, 4.69) is 65.1 Å². The normalized spacial score (nSPS) is 12.7. The van der Waals surface area contributed by atoms with Gasteiger partial charge in [-0.05, 0) is 48.9 Å². The molecule has 0 radical (unpaired) electrons. The molecule has 0 saturated heterocycles. The van der Waals surface area contributed by atoms with Gasteiger partial charge in [0.25, 0.3) is 0 Å². The number of nitrogens with zero attached hydrogens (tertiary/aromatic N) is 1. The van der Waals surface area contributed by atoms with Gasteiger partial charge in [0.1, 0.15) is 0 Å². The smallest absolute Gasteiger partial charge is 0.0471 e. The van der Waals surface area contributed by atoms with Crippen molar-refractivity contribution < 1.29 is 0 Å². The SMILES string of the molecule is Cc1ccc(C(CN)N(C)Cc2ccc(Cl)cc2)cc1Br. The Morgan fingerprint density at radius 2 is 1.86 bits per heavy atom. The van der Waals surface area contributed by atoms with Crippen LogP contribution in [-0.4, -0.2) is 18.5 Å². The monoisotopic (exact) mass is 366 g/mol. The van der Waals surface area contributed by atoms with Crippen LogP contribution in [0.2, 0.25) is 5.02 Å². The molecule has 2 aromatic rings. The number of nitrogens with two attached hydrogens (primary N) is 1. The number of aryl methyl sites for hydroxylation is 1. The van der Waals surface area contributed by atoms with Crippen molar-refractivity contribution in [1.82, 2.24) is 4.90 Å². The Bertz CT molecular complexity index is 598. The summed E-state index contributed by atoms with van der Waals surface area (Å²) in [6, 6.07) is 14.6. The zero-order valence-electron chi connectivity index (χ0n) is 12.3. The summed E-state index contributed by atoms with van der Waals surface area (Å²) >= 11 is 9.52. The fraction of sp³-hybridized carbons (Fsp3) is 0.294. The van der Waals surface area contributed by atoms with Crippen LogP contribution in [0, 0.1) is 6.92 Å². The predicted octanol–water partition coefficient (Wildman–Crippen LogP) is 4.54. The van der Waals surface area contributed by atoms with Crippen molar-refractivity contribution in [2.75, 3.05) is 13.6 Å². The van der Waals surface area contributed by atoms with Crippen molar-refractivity contribution in [1.29, 1.82) is 0 Å². The van der Waals surface area contributed by atoms with E-state index in [-0.39, 0.29) is 6.04 Å². The average molecular weight is 368 g/mol. The molecule has 21 heavy (non-hydrogen) atoms. The van der Waals surface area contributed by atoms with Gasteiger partial charge in [-0.2, -0.15) is 0 Å². The zero-order valence-corrected chi connectivity index (χ0v) is 14.7. The summed E-state index contributed by atoms with van der Waals surface area (Å²) in [5.74, 6) is 0. The van der Waals surface area contributed by atoms with Gasteiger partial charge in [-0.3, -0.25) is 4.90 Å². The number of rotatable bonds is 5. The molecule has 0 fully saturated rings. The third-order valence-corrected chi connectivity index (χ3v) is 4.79. The van der Waals surface area contributed by atoms with Crippen molar-refractivity contribution in [3.63, 3.8) is 0 Å². The Kier molecular flexibility index (Phi) is 5.82. The van der Waals surface area contributed by atoms with Gasteiger partial charge >= 0.3 is 0 Å². The van der Waals surface area contributed by atoms with Crippen LogP contribution in [0.3, 0.4) is 0 Å². The lowest BCUT2D eigenvalue weighted by atomic mass is 10.0. The molecule has 2 N–H and O–H groups in total. The third kappa shape index (κ3) is 4.30. The lowest BCUT2D eigenvalue weighted by molar-refractivity contribution is 0.241. The van der Waals surface area contributed by atoms with Crippen LogP contribution in [0.5, 0.6) is 0 Å². The molecule has 0 heterocycles. The first-order valence-corrected chi connectivity index (χ1v) is 8.09. The Morgan fingerprint density at radius 3 is 2.43 bits per heavy atom. The molecule has 0 spiro atoms. The Morgan fingerprint density at radius 1 is 1.19 bits per heavy atom. The van der Waals surface area contributed by atoms with Gasteiger partial charge in [-0.25, -0.2) is 0 Å². The lowest BCUT2D eigenvalue weighted by Gasteiger charge is -2.28. The van der Waals surface area contributed by atoms with Gasteiger partial charge in [0, 0.05) is 28.6 Å². The average Bonchev–Trinajstić information content (AvgIpc) is 2.46. The number of halogens is 2. The number of likely N-dealkylation sites (N-methyl/N-ethyl adjacent to an activating group) is 1. The van der Waals surface area contributed by atoms with Gasteiger partial charge in [0.2, 0.25) is 0 Å². The Hall–Kier alpha value is -0.870. The van der Waals surface area contributed by atoms with Crippen molar-refractivity contribution in [2.24, 2.45) is 5.73 Å². The molecule has 4 heteroatoms. The first kappa shape index (κ1) is 16.5. The molecule has 112 valence electrons. The molecule has 0 aliphatic carbocycles. The fourth-order valence-electron chi connectivity index (χ4n) is 2.37. The van der Waals surface area contributed by atoms with E-state index in [4.69, 9.17) is 17.3 Å². The maximum atomic E-state index is 5.99. The maximum Gasteiger partial charge on any atom is 0.0471 e. The number of benzene rings is 2. The minimum atomic E-state index is 0.192. The van der Waals surface area contributed by atoms with Crippen molar-refractivity contribution >= 4 is 27.5 Å². The summed E-state index contributed by atoms with van der Waals surface area (Å²) in [7, 11) is 2.10. The van der Waals surface area contributed by atoms with Crippen molar-refractivity contribution in [3.8, 4) is 0 Å². The van der Waals surface area contributed by atoms with Crippen LogP contribution < -0.4 is 5.73 Å². The van der Waals surface area contributed by atoms with E-state index in [1.807, 2.05) is 12.1 Å². The van der Waals surface area contributed by atoms with E-state index >= 15 is 0 Å². The minimum Gasteiger partial charge on any atom is -0.329 e. The van der Waals surface area contributed by atoms with Crippen LogP contribution in [0.15, 0.2) is 46.9 Å². The van der Waals surface area contributed by atoms with E-state index in [9.17, 15) is 0 Å². The standard InChI is InChI=1S/C17H20BrClN2/c1-12-3-6-14(9-16(12)18)17(10-20)21(2)11-13-4-7-15(19)8-5-13/h3-9,17H,10-11,20H2,1-2H3. The molecule has 0 aliphatic rings. The third-order valence-electron chi connectivity index (χ3n) is 3.68. The highest BCUT2D eigenvalue weighted by atomic mass is 79.9. The summed E-state index contributed by atoms with van der Waals surface area (Å²) in [4.78, 5) is 2.26. The van der Waals surface area contributed by atoms with Gasteiger partial charge in [-0.1, -0.05) is 51.8 Å². The summed E-state index contributed by atoms with van der Waals surface area (Å²) < 4.78 is 1.12. The topological polar surface area (TPSA) is 29.3 Å². The van der Waals surface area contributed by atoms with Gasteiger partial charge in [0.15, 0.2) is 0 Å². The van der Waals surface area contributed by atoms with E-state index in [0.717, 1.165) is 16.0 Å². The molecule has 1 unspecified atom stereocenters. The fourth-order valence-corrected chi connectivity index (χ4v) is 2.90. The summed E-state index contributed by atoms with van der Waals surface area (Å²) in [6.07, 6.45) is 0. The predicted molar refractivity (Wildman–Crippen MR) is 93.6 cm³/mol. The number of hydrogen-bond donors (Lipinski definition) is 1. The van der Waals surface area contributed by atoms with Gasteiger partial charge < -0.3 is 5.73 Å². The molecule has 2 aromatic carbocycles. The highest BCUT2D eigenvalue weighted by Crippen LogP contribution is 2.25. The summed E-state index contributed by atoms with van der Waals surface area (Å²) in [6.45, 7) is 3.51. The van der Waals surface area contributed by atoms with Crippen LogP contribution in [0.1, 0.15) is 22.7 Å². The molecule has 0 saturated carbocycles. The molecule has 2 nitrogen and oxygen atoms in total. The first-order valence-electron chi connectivity index (χ1n) is 6.92. The molecular formula is C17H20BrClN2. The summed E-state index contributed by atoms with van der Waals surface area (Å²) in [5, 5.41) is 0.763. The van der Waals surface area contributed by atoms with Gasteiger partial charge in [0.05, 0.1) is 0 Å². The second-order valence-corrected chi connectivity index (χ2v) is 6.59. The second kappa shape index (κ2) is 7.41. The van der Waals surface area contributed by atoms with E-state index in [1.165, 1.54) is 16.7 Å². The Balaban J connectivity index is 2.15. The number of hydrogen-bond acceptors (Lipinski definition) is 2. The maximum absolute atomic E-state index is 5.99. The molecular weight excluding hydrogens is 348 g/mol. The van der Waals surface area contributed by atoms with E-state index < -0.39 is 0 Å². The second-order valence-electron chi connectivity index (χ2n) is 5.30. The van der Waals surface area contributed by atoms with Crippen molar-refractivity contribution in [2.45, 2.75) is 19.5 Å². The molecule has 0 aliphatic heterocycles. The molecule has 0 aromatic heterocycles. The molecule has 0 bridgehead atoms.